The van der Waals surface area contributed by atoms with E-state index in [-0.39, 0.29) is 0 Å². The molecule has 5 heteroatoms. The highest BCUT2D eigenvalue weighted by molar-refractivity contribution is 14.1. The van der Waals surface area contributed by atoms with Gasteiger partial charge in [0.2, 0.25) is 0 Å². The summed E-state index contributed by atoms with van der Waals surface area (Å²) in [5, 5.41) is 8.44. The summed E-state index contributed by atoms with van der Waals surface area (Å²) < 4.78 is 3.24. The van der Waals surface area contributed by atoms with Crippen LogP contribution in [0.25, 0.3) is 21.9 Å². The zero-order valence-corrected chi connectivity index (χ0v) is 12.7. The average molecular weight is 374 g/mol. The summed E-state index contributed by atoms with van der Waals surface area (Å²) in [6.07, 6.45) is 1.90. The van der Waals surface area contributed by atoms with Crippen LogP contribution >= 0.6 is 22.6 Å². The Hall–Kier alpha value is -1.89. The third-order valence-electron chi connectivity index (χ3n) is 3.45. The summed E-state index contributed by atoms with van der Waals surface area (Å²) in [4.78, 5) is 4.48. The van der Waals surface area contributed by atoms with Crippen LogP contribution in [0.4, 0.5) is 0 Å². The topological polar surface area (TPSA) is 46.5 Å². The summed E-state index contributed by atoms with van der Waals surface area (Å²) in [6.45, 7) is 0.831. The van der Waals surface area contributed by atoms with E-state index in [0.717, 1.165) is 32.2 Å². The van der Waals surface area contributed by atoms with Gasteiger partial charge in [0.05, 0.1) is 22.9 Å². The number of aromatic nitrogens is 4. The predicted octanol–water partition coefficient (Wildman–Crippen LogP) is 3.57. The molecule has 0 fully saturated rings. The number of nitrogens with one attached hydrogen (secondary N) is 1. The van der Waals surface area contributed by atoms with Crippen molar-refractivity contribution in [3.05, 3.63) is 58.1 Å². The van der Waals surface area contributed by atoms with Crippen LogP contribution < -0.4 is 0 Å². The van der Waals surface area contributed by atoms with Crippen molar-refractivity contribution < 1.29 is 0 Å². The van der Waals surface area contributed by atoms with Gasteiger partial charge in [-0.2, -0.15) is 5.10 Å². The summed E-state index contributed by atoms with van der Waals surface area (Å²) in [6, 6.07) is 14.6. The quantitative estimate of drug-likeness (QED) is 0.546. The van der Waals surface area contributed by atoms with Crippen LogP contribution in [-0.2, 0) is 6.54 Å². The van der Waals surface area contributed by atoms with Crippen molar-refractivity contribution in [3.8, 4) is 0 Å². The number of fused-ring (bicyclic) bond motifs is 2. The van der Waals surface area contributed by atoms with Crippen molar-refractivity contribution in [3.63, 3.8) is 0 Å². The molecule has 0 atom stereocenters. The second-order valence-corrected chi connectivity index (χ2v) is 5.83. The second kappa shape index (κ2) is 4.59. The molecule has 1 N–H and O–H groups in total. The molecular formula is C15H11IN4. The van der Waals surface area contributed by atoms with E-state index in [1.54, 1.807) is 0 Å². The van der Waals surface area contributed by atoms with E-state index < -0.39 is 0 Å². The molecule has 0 amide bonds. The molecule has 0 radical (unpaired) electrons. The Kier molecular flexibility index (Phi) is 2.73. The predicted molar refractivity (Wildman–Crippen MR) is 87.6 cm³/mol. The largest absolute Gasteiger partial charge is 0.326 e. The zero-order valence-electron chi connectivity index (χ0n) is 10.5. The molecule has 0 aliphatic heterocycles. The Bertz CT molecular complexity index is 892. The van der Waals surface area contributed by atoms with Crippen molar-refractivity contribution in [2.24, 2.45) is 0 Å². The van der Waals surface area contributed by atoms with Crippen LogP contribution in [-0.4, -0.2) is 19.7 Å². The molecular weight excluding hydrogens is 363 g/mol. The molecule has 20 heavy (non-hydrogen) atoms. The van der Waals surface area contributed by atoms with Gasteiger partial charge in [0.15, 0.2) is 0 Å². The average Bonchev–Trinajstić information content (AvgIpc) is 3.03. The maximum Gasteiger partial charge on any atom is 0.104 e. The summed E-state index contributed by atoms with van der Waals surface area (Å²) in [7, 11) is 0. The molecule has 98 valence electrons. The number of halogens is 1. The fourth-order valence-corrected chi connectivity index (χ4v) is 2.99. The van der Waals surface area contributed by atoms with Gasteiger partial charge < -0.3 is 4.57 Å². The number of H-pyrrole nitrogens is 1. The minimum absolute atomic E-state index is 0.831. The second-order valence-electron chi connectivity index (χ2n) is 4.75. The molecule has 0 aliphatic rings. The molecule has 4 nitrogen and oxygen atoms in total. The van der Waals surface area contributed by atoms with Crippen molar-refractivity contribution >= 4 is 44.5 Å². The highest BCUT2D eigenvalue weighted by Gasteiger charge is 2.09. The first-order valence-electron chi connectivity index (χ1n) is 6.33. The minimum Gasteiger partial charge on any atom is -0.326 e. The van der Waals surface area contributed by atoms with Gasteiger partial charge in [-0.15, -0.1) is 0 Å². The SMILES string of the molecule is Ic1[nH]nc2cc3ncn(Cc4ccccc4)c3cc12. The van der Waals surface area contributed by atoms with E-state index in [9.17, 15) is 0 Å². The number of nitrogens with zero attached hydrogens (tertiary/aromatic N) is 3. The molecule has 4 aromatic rings. The fraction of sp³-hybridized carbons (Fsp3) is 0.0667. The lowest BCUT2D eigenvalue weighted by molar-refractivity contribution is 0.825. The lowest BCUT2D eigenvalue weighted by Crippen LogP contribution is -1.97. The molecule has 0 spiro atoms. The number of benzene rings is 2. The van der Waals surface area contributed by atoms with Crippen LogP contribution in [0, 0.1) is 3.70 Å². The maximum atomic E-state index is 4.48. The monoisotopic (exact) mass is 374 g/mol. The summed E-state index contributed by atoms with van der Waals surface area (Å²) in [5.41, 5.74) is 4.36. The van der Waals surface area contributed by atoms with Crippen molar-refractivity contribution in [1.29, 1.82) is 0 Å². The standard InChI is InChI=1S/C15H11IN4/c16-15-11-6-14-13(7-12(11)18-19-15)17-9-20(14)8-10-4-2-1-3-5-10/h1-7,9H,8H2,(H,18,19). The van der Waals surface area contributed by atoms with Gasteiger partial charge in [0.25, 0.3) is 0 Å². The lowest BCUT2D eigenvalue weighted by Gasteiger charge is -2.04. The van der Waals surface area contributed by atoms with Crippen molar-refractivity contribution in [2.45, 2.75) is 6.54 Å². The number of hydrogen-bond donors (Lipinski definition) is 1. The van der Waals surface area contributed by atoms with Gasteiger partial charge in [-0.25, -0.2) is 4.98 Å². The molecule has 0 bridgehead atoms. The van der Waals surface area contributed by atoms with Crippen LogP contribution in [0.2, 0.25) is 0 Å². The molecule has 0 unspecified atom stereocenters. The maximum absolute atomic E-state index is 4.48. The number of rotatable bonds is 2. The Morgan fingerprint density at radius 3 is 2.80 bits per heavy atom. The summed E-state index contributed by atoms with van der Waals surface area (Å²) >= 11 is 2.27. The van der Waals surface area contributed by atoms with Gasteiger partial charge in [-0.05, 0) is 40.3 Å². The van der Waals surface area contributed by atoms with E-state index in [0.29, 0.717) is 0 Å². The molecule has 0 saturated carbocycles. The molecule has 2 aromatic heterocycles. The van der Waals surface area contributed by atoms with Gasteiger partial charge >= 0.3 is 0 Å². The Morgan fingerprint density at radius 2 is 1.95 bits per heavy atom. The fourth-order valence-electron chi connectivity index (χ4n) is 2.44. The minimum atomic E-state index is 0.831. The van der Waals surface area contributed by atoms with E-state index in [1.807, 2.05) is 18.5 Å². The molecule has 0 aliphatic carbocycles. The Morgan fingerprint density at radius 1 is 1.10 bits per heavy atom. The third-order valence-corrected chi connectivity index (χ3v) is 4.27. The zero-order chi connectivity index (χ0) is 13.5. The number of imidazole rings is 1. The lowest BCUT2D eigenvalue weighted by atomic mass is 10.2. The van der Waals surface area contributed by atoms with E-state index in [4.69, 9.17) is 0 Å². The number of aromatic amines is 1. The van der Waals surface area contributed by atoms with Gasteiger partial charge in [-0.3, -0.25) is 5.10 Å². The van der Waals surface area contributed by atoms with E-state index in [1.165, 1.54) is 5.56 Å². The van der Waals surface area contributed by atoms with Crippen LogP contribution in [0.1, 0.15) is 5.56 Å². The highest BCUT2D eigenvalue weighted by atomic mass is 127. The molecule has 2 aromatic carbocycles. The third kappa shape index (κ3) is 1.89. The highest BCUT2D eigenvalue weighted by Crippen LogP contribution is 2.24. The number of hydrogen-bond acceptors (Lipinski definition) is 2. The van der Waals surface area contributed by atoms with Gasteiger partial charge in [-0.1, -0.05) is 30.3 Å². The van der Waals surface area contributed by atoms with E-state index in [2.05, 4.69) is 72.7 Å². The first-order chi connectivity index (χ1) is 9.81. The molecule has 2 heterocycles. The Labute approximate surface area is 129 Å². The van der Waals surface area contributed by atoms with Crippen molar-refractivity contribution in [2.75, 3.05) is 0 Å². The van der Waals surface area contributed by atoms with Crippen LogP contribution in [0.5, 0.6) is 0 Å². The van der Waals surface area contributed by atoms with Gasteiger partial charge in [0, 0.05) is 11.9 Å². The molecule has 4 rings (SSSR count). The first kappa shape index (κ1) is 11.9. The van der Waals surface area contributed by atoms with Crippen molar-refractivity contribution in [1.82, 2.24) is 19.7 Å². The van der Waals surface area contributed by atoms with E-state index >= 15 is 0 Å². The Balaban J connectivity index is 1.87. The molecule has 0 saturated heterocycles. The van der Waals surface area contributed by atoms with Gasteiger partial charge in [0.1, 0.15) is 3.70 Å². The smallest absolute Gasteiger partial charge is 0.104 e. The first-order valence-corrected chi connectivity index (χ1v) is 7.41. The van der Waals surface area contributed by atoms with Crippen LogP contribution in [0.15, 0.2) is 48.8 Å². The summed E-state index contributed by atoms with van der Waals surface area (Å²) in [5.74, 6) is 0. The normalized spacial score (nSPS) is 11.4. The van der Waals surface area contributed by atoms with Crippen LogP contribution in [0.3, 0.4) is 0 Å².